The van der Waals surface area contributed by atoms with E-state index in [0.29, 0.717) is 44.9 Å². The molecule has 0 aromatic carbocycles. The van der Waals surface area contributed by atoms with Crippen LogP contribution < -0.4 is 0 Å². The molecule has 0 saturated heterocycles. The molecule has 0 radical (unpaired) electrons. The van der Waals surface area contributed by atoms with E-state index in [1.165, 1.54) is 6.92 Å². The molecule has 6 heteroatoms. The fraction of sp³-hybridized carbons (Fsp3) is 0.783. The Morgan fingerprint density at radius 2 is 1.59 bits per heavy atom. The molecular weight excluding hydrogens is 372 g/mol. The number of aliphatic hydroxyl groups is 1. The first-order valence-corrected chi connectivity index (χ1v) is 11.0. The third-order valence-electron chi connectivity index (χ3n) is 5.73. The molecule has 0 heterocycles. The zero-order chi connectivity index (χ0) is 22.3. The normalized spacial score (nSPS) is 15.7. The van der Waals surface area contributed by atoms with Gasteiger partial charge in [-0.25, -0.2) is 0 Å². The molecular formula is C23H40O6. The average Bonchev–Trinajstić information content (AvgIpc) is 2.64. The number of unbranched alkanes of at least 4 members (excludes halogenated alkanes) is 5. The molecule has 0 fully saturated rings. The van der Waals surface area contributed by atoms with Gasteiger partial charge in [-0.1, -0.05) is 57.6 Å². The monoisotopic (exact) mass is 412 g/mol. The molecule has 3 unspecified atom stereocenters. The summed E-state index contributed by atoms with van der Waals surface area (Å²) in [5, 5.41) is 29.0. The molecule has 0 aromatic rings. The van der Waals surface area contributed by atoms with Crippen LogP contribution in [0.1, 0.15) is 97.8 Å². The second-order valence-electron chi connectivity index (χ2n) is 8.00. The van der Waals surface area contributed by atoms with Crippen LogP contribution in [-0.4, -0.2) is 39.1 Å². The van der Waals surface area contributed by atoms with Crippen LogP contribution in [0.25, 0.3) is 0 Å². The van der Waals surface area contributed by atoms with E-state index in [0.717, 1.165) is 19.3 Å². The Morgan fingerprint density at radius 1 is 0.931 bits per heavy atom. The molecule has 168 valence electrons. The number of allylic oxidation sites excluding steroid dienone is 2. The highest BCUT2D eigenvalue weighted by Gasteiger charge is 2.48. The van der Waals surface area contributed by atoms with E-state index in [1.54, 1.807) is 12.2 Å². The summed E-state index contributed by atoms with van der Waals surface area (Å²) in [5.74, 6) is -2.78. The molecule has 0 saturated carbocycles. The number of carboxylic acid groups (broad SMARTS) is 2. The second-order valence-corrected chi connectivity index (χ2v) is 8.00. The van der Waals surface area contributed by atoms with Crippen molar-refractivity contribution in [2.24, 2.45) is 11.3 Å². The molecule has 0 bridgehead atoms. The lowest BCUT2D eigenvalue weighted by Crippen LogP contribution is -2.44. The van der Waals surface area contributed by atoms with Crippen molar-refractivity contribution in [2.45, 2.75) is 104 Å². The van der Waals surface area contributed by atoms with Crippen LogP contribution in [0.15, 0.2) is 12.2 Å². The fourth-order valence-corrected chi connectivity index (χ4v) is 3.96. The van der Waals surface area contributed by atoms with Gasteiger partial charge in [-0.2, -0.15) is 0 Å². The lowest BCUT2D eigenvalue weighted by molar-refractivity contribution is -0.158. The van der Waals surface area contributed by atoms with Gasteiger partial charge in [0.1, 0.15) is 11.2 Å². The number of hydrogen-bond donors (Lipinski definition) is 3. The van der Waals surface area contributed by atoms with Crippen molar-refractivity contribution in [3.05, 3.63) is 12.2 Å². The maximum Gasteiger partial charge on any atom is 0.317 e. The highest BCUT2D eigenvalue weighted by atomic mass is 16.4. The van der Waals surface area contributed by atoms with Crippen molar-refractivity contribution in [1.29, 1.82) is 0 Å². The number of carbonyl (C=O) groups is 3. The third kappa shape index (κ3) is 10.1. The molecule has 0 amide bonds. The topological polar surface area (TPSA) is 112 Å². The van der Waals surface area contributed by atoms with Crippen LogP contribution in [0.3, 0.4) is 0 Å². The number of ketones is 1. The maximum atomic E-state index is 12.5. The summed E-state index contributed by atoms with van der Waals surface area (Å²) in [5.41, 5.74) is -1.50. The van der Waals surface area contributed by atoms with Gasteiger partial charge in [-0.15, -0.1) is 0 Å². The summed E-state index contributed by atoms with van der Waals surface area (Å²) in [4.78, 5) is 35.4. The Hall–Kier alpha value is -1.69. The number of Topliss-reactive ketones (excluding diaryl/α,β-unsaturated/α-hetero) is 1. The SMILES string of the molecule is CC=CC(CCC(O)CCCCC)C(CCCCCCC(=O)O)(C(C)=O)C(=O)O. The Kier molecular flexibility index (Phi) is 14.3. The van der Waals surface area contributed by atoms with Gasteiger partial charge in [-0.3, -0.25) is 14.4 Å². The van der Waals surface area contributed by atoms with E-state index in [2.05, 4.69) is 6.92 Å². The van der Waals surface area contributed by atoms with Crippen LogP contribution in [-0.2, 0) is 14.4 Å². The predicted molar refractivity (Wildman–Crippen MR) is 114 cm³/mol. The van der Waals surface area contributed by atoms with Gasteiger partial charge in [0.25, 0.3) is 0 Å². The Balaban J connectivity index is 5.10. The molecule has 29 heavy (non-hydrogen) atoms. The zero-order valence-electron chi connectivity index (χ0n) is 18.4. The van der Waals surface area contributed by atoms with Crippen molar-refractivity contribution in [3.63, 3.8) is 0 Å². The van der Waals surface area contributed by atoms with Crippen molar-refractivity contribution >= 4 is 17.7 Å². The van der Waals surface area contributed by atoms with Gasteiger partial charge in [-0.05, 0) is 46.0 Å². The van der Waals surface area contributed by atoms with Gasteiger partial charge in [0, 0.05) is 12.3 Å². The molecule has 0 aromatic heterocycles. The fourth-order valence-electron chi connectivity index (χ4n) is 3.96. The summed E-state index contributed by atoms with van der Waals surface area (Å²) in [7, 11) is 0. The van der Waals surface area contributed by atoms with Crippen molar-refractivity contribution < 1.29 is 29.7 Å². The van der Waals surface area contributed by atoms with E-state index in [4.69, 9.17) is 5.11 Å². The zero-order valence-corrected chi connectivity index (χ0v) is 18.4. The first-order chi connectivity index (χ1) is 13.7. The van der Waals surface area contributed by atoms with Gasteiger partial charge in [0.15, 0.2) is 0 Å². The summed E-state index contributed by atoms with van der Waals surface area (Å²) >= 11 is 0. The molecule has 0 aliphatic rings. The van der Waals surface area contributed by atoms with Crippen molar-refractivity contribution in [3.8, 4) is 0 Å². The van der Waals surface area contributed by atoms with Crippen LogP contribution in [0.2, 0.25) is 0 Å². The smallest absolute Gasteiger partial charge is 0.317 e. The summed E-state index contributed by atoms with van der Waals surface area (Å²) in [6, 6.07) is 0. The summed E-state index contributed by atoms with van der Waals surface area (Å²) in [6.45, 7) is 5.25. The number of aliphatic hydroxyl groups excluding tert-OH is 1. The van der Waals surface area contributed by atoms with E-state index in [-0.39, 0.29) is 18.6 Å². The van der Waals surface area contributed by atoms with E-state index >= 15 is 0 Å². The second kappa shape index (κ2) is 15.2. The van der Waals surface area contributed by atoms with Crippen molar-refractivity contribution in [1.82, 2.24) is 0 Å². The standard InChI is InChI=1S/C23H40O6/c1-4-6-9-13-20(25)16-15-19(12-5-2)23(18(3)24,22(28)29)17-11-8-7-10-14-21(26)27/h5,12,19-20,25H,4,6-11,13-17H2,1-3H3,(H,26,27)(H,28,29). The van der Waals surface area contributed by atoms with E-state index in [1.807, 2.05) is 6.92 Å². The molecule has 0 aliphatic carbocycles. The molecule has 3 N–H and O–H groups in total. The molecule has 6 nitrogen and oxygen atoms in total. The minimum Gasteiger partial charge on any atom is -0.481 e. The van der Waals surface area contributed by atoms with E-state index in [9.17, 15) is 24.6 Å². The Labute approximate surface area is 175 Å². The van der Waals surface area contributed by atoms with Crippen LogP contribution in [0, 0.1) is 11.3 Å². The predicted octanol–water partition coefficient (Wildman–Crippen LogP) is 4.99. The van der Waals surface area contributed by atoms with Gasteiger partial charge < -0.3 is 15.3 Å². The van der Waals surface area contributed by atoms with Crippen LogP contribution in [0.4, 0.5) is 0 Å². The van der Waals surface area contributed by atoms with Gasteiger partial charge >= 0.3 is 11.9 Å². The molecule has 0 aliphatic heterocycles. The summed E-state index contributed by atoms with van der Waals surface area (Å²) < 4.78 is 0. The highest BCUT2D eigenvalue weighted by Crippen LogP contribution is 2.40. The minimum absolute atomic E-state index is 0.105. The van der Waals surface area contributed by atoms with E-state index < -0.39 is 29.4 Å². The number of aliphatic carboxylic acids is 2. The highest BCUT2D eigenvalue weighted by molar-refractivity contribution is 6.02. The number of carbonyl (C=O) groups excluding carboxylic acids is 1. The maximum absolute atomic E-state index is 12.5. The van der Waals surface area contributed by atoms with Gasteiger partial charge in [0.2, 0.25) is 0 Å². The first-order valence-electron chi connectivity index (χ1n) is 11.0. The lowest BCUT2D eigenvalue weighted by atomic mass is 9.67. The number of hydrogen-bond acceptors (Lipinski definition) is 4. The minimum atomic E-state index is -1.50. The molecule has 3 atom stereocenters. The Morgan fingerprint density at radius 3 is 2.10 bits per heavy atom. The largest absolute Gasteiger partial charge is 0.481 e. The lowest BCUT2D eigenvalue weighted by Gasteiger charge is -2.34. The number of rotatable bonds is 18. The van der Waals surface area contributed by atoms with Crippen LogP contribution in [0.5, 0.6) is 0 Å². The average molecular weight is 413 g/mol. The molecule has 0 rings (SSSR count). The van der Waals surface area contributed by atoms with Crippen molar-refractivity contribution in [2.75, 3.05) is 0 Å². The first kappa shape index (κ1) is 27.3. The quantitative estimate of drug-likeness (QED) is 0.166. The van der Waals surface area contributed by atoms with Crippen LogP contribution >= 0.6 is 0 Å². The third-order valence-corrected chi connectivity index (χ3v) is 5.73. The number of carboxylic acids is 2. The van der Waals surface area contributed by atoms with Gasteiger partial charge in [0.05, 0.1) is 6.10 Å². The summed E-state index contributed by atoms with van der Waals surface area (Å²) in [6.07, 6.45) is 10.6. The Bertz CT molecular complexity index is 511. The molecule has 0 spiro atoms.